The van der Waals surface area contributed by atoms with Gasteiger partial charge in [0.15, 0.2) is 5.82 Å². The summed E-state index contributed by atoms with van der Waals surface area (Å²) >= 11 is 6.37. The van der Waals surface area contributed by atoms with Crippen molar-refractivity contribution >= 4 is 38.5 Å². The van der Waals surface area contributed by atoms with Crippen molar-refractivity contribution < 1.29 is 13.5 Å². The molecule has 2 heterocycles. The van der Waals surface area contributed by atoms with Crippen LogP contribution in [0.4, 0.5) is 5.82 Å². The summed E-state index contributed by atoms with van der Waals surface area (Å²) in [5.74, 6) is 0.283. The number of fused-ring (bicyclic) bond motifs is 1. The first-order valence-electron chi connectivity index (χ1n) is 8.94. The molecule has 148 valence electrons. The summed E-state index contributed by atoms with van der Waals surface area (Å²) in [6, 6.07) is 7.79. The molecule has 0 spiro atoms. The Balaban J connectivity index is 1.62. The van der Waals surface area contributed by atoms with Crippen LogP contribution < -0.4 is 10.5 Å². The number of aromatic nitrogens is 3. The fourth-order valence-corrected chi connectivity index (χ4v) is 5.15. The van der Waals surface area contributed by atoms with Gasteiger partial charge in [-0.05, 0) is 56.0 Å². The number of halogens is 1. The second kappa shape index (κ2) is 7.32. The minimum absolute atomic E-state index is 0.0743. The van der Waals surface area contributed by atoms with Crippen molar-refractivity contribution in [2.45, 2.75) is 42.7 Å². The number of sulfonamides is 1. The first-order chi connectivity index (χ1) is 13.3. The maximum Gasteiger partial charge on any atom is 0.240 e. The molecule has 2 aromatic heterocycles. The fraction of sp³-hybridized carbons (Fsp3) is 0.333. The topological polar surface area (TPSA) is 134 Å². The van der Waals surface area contributed by atoms with Gasteiger partial charge in [0.2, 0.25) is 10.0 Å². The summed E-state index contributed by atoms with van der Waals surface area (Å²) in [7, 11) is -3.74. The number of anilines is 1. The van der Waals surface area contributed by atoms with Crippen molar-refractivity contribution in [2.75, 3.05) is 5.73 Å². The number of pyridine rings is 1. The average Bonchev–Trinajstić information content (AvgIpc) is 3.02. The van der Waals surface area contributed by atoms with Gasteiger partial charge in [-0.1, -0.05) is 11.6 Å². The van der Waals surface area contributed by atoms with Crippen molar-refractivity contribution in [3.8, 4) is 11.3 Å². The third kappa shape index (κ3) is 3.70. The van der Waals surface area contributed by atoms with Gasteiger partial charge in [0.05, 0.1) is 27.2 Å². The predicted octanol–water partition coefficient (Wildman–Crippen LogP) is 2.44. The van der Waals surface area contributed by atoms with E-state index >= 15 is 0 Å². The summed E-state index contributed by atoms with van der Waals surface area (Å²) in [6.45, 7) is 0. The molecule has 10 heteroatoms. The molecule has 4 rings (SSSR count). The molecule has 1 aliphatic rings. The van der Waals surface area contributed by atoms with Gasteiger partial charge in [-0.25, -0.2) is 18.1 Å². The molecule has 1 aromatic carbocycles. The Bertz CT molecular complexity index is 1130. The molecule has 2 atom stereocenters. The van der Waals surface area contributed by atoms with Crippen molar-refractivity contribution in [3.63, 3.8) is 0 Å². The first-order valence-corrected chi connectivity index (χ1v) is 10.8. The van der Waals surface area contributed by atoms with Crippen LogP contribution in [0.1, 0.15) is 25.7 Å². The monoisotopic (exact) mass is 421 g/mol. The molecule has 0 radical (unpaired) electrons. The van der Waals surface area contributed by atoms with E-state index in [4.69, 9.17) is 17.3 Å². The highest BCUT2D eigenvalue weighted by molar-refractivity contribution is 7.89. The Hall–Kier alpha value is -2.20. The number of hydrogen-bond donors (Lipinski definition) is 4. The van der Waals surface area contributed by atoms with E-state index < -0.39 is 16.1 Å². The summed E-state index contributed by atoms with van der Waals surface area (Å²) in [5.41, 5.74) is 8.19. The van der Waals surface area contributed by atoms with Crippen molar-refractivity contribution in [1.29, 1.82) is 0 Å². The molecule has 1 aliphatic carbocycles. The zero-order chi connectivity index (χ0) is 19.9. The number of H-pyrrole nitrogens is 1. The molecule has 0 aliphatic heterocycles. The van der Waals surface area contributed by atoms with Crippen molar-refractivity contribution in [3.05, 3.63) is 35.4 Å². The molecule has 8 nitrogen and oxygen atoms in total. The fourth-order valence-electron chi connectivity index (χ4n) is 3.50. The van der Waals surface area contributed by atoms with Crippen molar-refractivity contribution in [2.24, 2.45) is 0 Å². The van der Waals surface area contributed by atoms with Crippen LogP contribution >= 0.6 is 11.6 Å². The van der Waals surface area contributed by atoms with E-state index in [9.17, 15) is 13.5 Å². The Morgan fingerprint density at radius 1 is 1.25 bits per heavy atom. The zero-order valence-electron chi connectivity index (χ0n) is 14.9. The summed E-state index contributed by atoms with van der Waals surface area (Å²) in [5, 5.41) is 16.7. The molecular weight excluding hydrogens is 402 g/mol. The molecule has 0 saturated heterocycles. The van der Waals surface area contributed by atoms with Gasteiger partial charge < -0.3 is 10.8 Å². The average molecular weight is 422 g/mol. The highest BCUT2D eigenvalue weighted by Gasteiger charge is 2.26. The van der Waals surface area contributed by atoms with Gasteiger partial charge in [-0.3, -0.25) is 5.10 Å². The Kier molecular flexibility index (Phi) is 5.00. The molecule has 28 heavy (non-hydrogen) atoms. The van der Waals surface area contributed by atoms with Crippen LogP contribution in [0.25, 0.3) is 22.3 Å². The molecule has 1 fully saturated rings. The van der Waals surface area contributed by atoms with Crippen LogP contribution in [0.15, 0.2) is 35.2 Å². The Morgan fingerprint density at radius 3 is 2.82 bits per heavy atom. The van der Waals surface area contributed by atoms with E-state index in [1.54, 1.807) is 18.2 Å². The van der Waals surface area contributed by atoms with Gasteiger partial charge in [0, 0.05) is 11.6 Å². The lowest BCUT2D eigenvalue weighted by Gasteiger charge is -2.26. The van der Waals surface area contributed by atoms with E-state index in [0.717, 1.165) is 6.42 Å². The summed E-state index contributed by atoms with van der Waals surface area (Å²) in [4.78, 5) is 4.54. The number of hydrogen-bond acceptors (Lipinski definition) is 6. The van der Waals surface area contributed by atoms with Gasteiger partial charge in [0.1, 0.15) is 5.52 Å². The number of nitrogen functional groups attached to an aromatic ring is 1. The first kappa shape index (κ1) is 19.1. The predicted molar refractivity (Wildman–Crippen MR) is 107 cm³/mol. The Labute approximate surface area is 167 Å². The SMILES string of the molecule is Nc1n[nH]c2ccc(-c3ccc(S(=O)(=O)NC4CCCC(O)C4)cc3Cl)nc12. The minimum atomic E-state index is -3.74. The summed E-state index contributed by atoms with van der Waals surface area (Å²) in [6.07, 6.45) is 2.15. The second-order valence-electron chi connectivity index (χ2n) is 6.98. The lowest BCUT2D eigenvalue weighted by molar-refractivity contribution is 0.117. The van der Waals surface area contributed by atoms with Gasteiger partial charge in [-0.2, -0.15) is 5.10 Å². The van der Waals surface area contributed by atoms with Crippen LogP contribution in [0.5, 0.6) is 0 Å². The van der Waals surface area contributed by atoms with Gasteiger partial charge in [-0.15, -0.1) is 0 Å². The number of nitrogens with zero attached hydrogens (tertiary/aromatic N) is 2. The molecule has 1 saturated carbocycles. The summed E-state index contributed by atoms with van der Waals surface area (Å²) < 4.78 is 28.1. The normalized spacial score (nSPS) is 20.5. The number of aliphatic hydroxyl groups excluding tert-OH is 1. The number of nitrogens with one attached hydrogen (secondary N) is 2. The molecule has 5 N–H and O–H groups in total. The lowest BCUT2D eigenvalue weighted by Crippen LogP contribution is -2.39. The number of aliphatic hydroxyl groups is 1. The van der Waals surface area contributed by atoms with Crippen molar-refractivity contribution in [1.82, 2.24) is 19.9 Å². The van der Waals surface area contributed by atoms with Gasteiger partial charge >= 0.3 is 0 Å². The van der Waals surface area contributed by atoms with Gasteiger partial charge in [0.25, 0.3) is 0 Å². The van der Waals surface area contributed by atoms with Crippen LogP contribution in [-0.2, 0) is 10.0 Å². The van der Waals surface area contributed by atoms with Crippen LogP contribution in [0, 0.1) is 0 Å². The minimum Gasteiger partial charge on any atom is -0.393 e. The number of rotatable bonds is 4. The number of aromatic amines is 1. The maximum atomic E-state index is 12.7. The smallest absolute Gasteiger partial charge is 0.240 e. The number of nitrogens with two attached hydrogens (primary N) is 1. The molecule has 0 amide bonds. The lowest BCUT2D eigenvalue weighted by atomic mass is 9.94. The third-order valence-corrected chi connectivity index (χ3v) is 6.76. The van der Waals surface area contributed by atoms with Crippen LogP contribution in [-0.4, -0.2) is 40.9 Å². The third-order valence-electron chi connectivity index (χ3n) is 4.93. The van der Waals surface area contributed by atoms with E-state index in [1.807, 2.05) is 0 Å². The van der Waals surface area contributed by atoms with Crippen LogP contribution in [0.3, 0.4) is 0 Å². The molecule has 3 aromatic rings. The molecule has 0 bridgehead atoms. The highest BCUT2D eigenvalue weighted by Crippen LogP contribution is 2.31. The number of benzene rings is 1. The van der Waals surface area contributed by atoms with E-state index in [1.165, 1.54) is 12.1 Å². The van der Waals surface area contributed by atoms with E-state index in [2.05, 4.69) is 19.9 Å². The maximum absolute atomic E-state index is 12.7. The van der Waals surface area contributed by atoms with E-state index in [0.29, 0.717) is 41.6 Å². The van der Waals surface area contributed by atoms with Crippen LogP contribution in [0.2, 0.25) is 5.02 Å². The molecule has 2 unspecified atom stereocenters. The Morgan fingerprint density at radius 2 is 2.07 bits per heavy atom. The molecular formula is C18H20ClN5O3S. The zero-order valence-corrected chi connectivity index (χ0v) is 16.5. The standard InChI is InChI=1S/C18H20ClN5O3S/c19-14-9-12(28(26,27)24-10-2-1-3-11(25)8-10)4-5-13(14)15-6-7-16-17(21-15)18(20)23-22-16/h4-7,9-11,24-25H,1-3,8H2,(H3,20,22,23). The quantitative estimate of drug-likeness (QED) is 0.511. The largest absolute Gasteiger partial charge is 0.393 e. The second-order valence-corrected chi connectivity index (χ2v) is 9.10. The highest BCUT2D eigenvalue weighted by atomic mass is 35.5. The van der Waals surface area contributed by atoms with E-state index in [-0.39, 0.29) is 21.8 Å².